The number of aryl methyl sites for hydroxylation is 1. The van der Waals surface area contributed by atoms with Crippen molar-refractivity contribution in [1.29, 1.82) is 0 Å². The highest BCUT2D eigenvalue weighted by Crippen LogP contribution is 2.35. The second-order valence-electron chi connectivity index (χ2n) is 5.73. The van der Waals surface area contributed by atoms with Crippen molar-refractivity contribution in [3.63, 3.8) is 0 Å². The Labute approximate surface area is 149 Å². The number of pyridine rings is 1. The molecule has 0 saturated heterocycles. The predicted octanol–water partition coefficient (Wildman–Crippen LogP) is 3.89. The number of nitrogen functional groups attached to an aromatic ring is 1. The Kier molecular flexibility index (Phi) is 3.63. The molecule has 0 radical (unpaired) electrons. The van der Waals surface area contributed by atoms with Crippen LogP contribution in [-0.4, -0.2) is 17.4 Å². The van der Waals surface area contributed by atoms with Crippen LogP contribution in [0, 0.1) is 6.92 Å². The number of thiophene rings is 1. The lowest BCUT2D eigenvalue weighted by Gasteiger charge is -2.08. The summed E-state index contributed by atoms with van der Waals surface area (Å²) in [6.45, 7) is 1.92. The smallest absolute Gasteiger partial charge is 0.269 e. The van der Waals surface area contributed by atoms with Crippen molar-refractivity contribution >= 4 is 37.4 Å². The van der Waals surface area contributed by atoms with E-state index in [-0.39, 0.29) is 4.90 Å². The van der Waals surface area contributed by atoms with Crippen LogP contribution in [0.5, 0.6) is 0 Å². The van der Waals surface area contributed by atoms with Gasteiger partial charge in [0.05, 0.1) is 9.90 Å². The minimum atomic E-state index is -3.70. The Morgan fingerprint density at radius 1 is 1.04 bits per heavy atom. The summed E-state index contributed by atoms with van der Waals surface area (Å²) in [5.74, 6) is 0. The third-order valence-electron chi connectivity index (χ3n) is 4.02. The average molecular weight is 369 g/mol. The molecule has 0 spiro atoms. The van der Waals surface area contributed by atoms with E-state index in [4.69, 9.17) is 5.73 Å². The van der Waals surface area contributed by atoms with Crippen molar-refractivity contribution in [2.45, 2.75) is 11.8 Å². The maximum Gasteiger partial charge on any atom is 0.269 e. The van der Waals surface area contributed by atoms with E-state index in [1.807, 2.05) is 25.1 Å². The SMILES string of the molecule is Cc1ccc(S(=O)(=O)n2ccc3c(-c4ccc(N)s4)ccnc32)cc1. The molecular formula is C18H15N3O2S2. The van der Waals surface area contributed by atoms with Crippen LogP contribution in [0.2, 0.25) is 0 Å². The molecule has 0 aliphatic heterocycles. The van der Waals surface area contributed by atoms with Crippen LogP contribution in [0.1, 0.15) is 5.56 Å². The summed E-state index contributed by atoms with van der Waals surface area (Å²) < 4.78 is 27.2. The molecule has 4 aromatic rings. The summed E-state index contributed by atoms with van der Waals surface area (Å²) in [4.78, 5) is 5.52. The zero-order chi connectivity index (χ0) is 17.6. The van der Waals surface area contributed by atoms with Crippen molar-refractivity contribution in [2.75, 3.05) is 5.73 Å². The largest absolute Gasteiger partial charge is 0.391 e. The Hall–Kier alpha value is -2.64. The summed E-state index contributed by atoms with van der Waals surface area (Å²) in [5.41, 5.74) is 8.16. The van der Waals surface area contributed by atoms with E-state index in [0.717, 1.165) is 21.4 Å². The van der Waals surface area contributed by atoms with Gasteiger partial charge >= 0.3 is 0 Å². The van der Waals surface area contributed by atoms with E-state index < -0.39 is 10.0 Å². The van der Waals surface area contributed by atoms with Gasteiger partial charge in [0, 0.05) is 28.2 Å². The number of nitrogens with zero attached hydrogens (tertiary/aromatic N) is 2. The number of hydrogen-bond acceptors (Lipinski definition) is 5. The first-order valence-corrected chi connectivity index (χ1v) is 9.86. The molecule has 5 nitrogen and oxygen atoms in total. The molecule has 4 rings (SSSR count). The van der Waals surface area contributed by atoms with Gasteiger partial charge in [-0.2, -0.15) is 0 Å². The Balaban J connectivity index is 1.91. The topological polar surface area (TPSA) is 78.0 Å². The molecule has 0 aliphatic rings. The van der Waals surface area contributed by atoms with Crippen molar-refractivity contribution in [2.24, 2.45) is 0 Å². The van der Waals surface area contributed by atoms with Gasteiger partial charge in [-0.3, -0.25) is 0 Å². The van der Waals surface area contributed by atoms with Gasteiger partial charge in [-0.15, -0.1) is 11.3 Å². The molecule has 0 saturated carbocycles. The zero-order valence-corrected chi connectivity index (χ0v) is 15.0. The molecule has 126 valence electrons. The third-order valence-corrected chi connectivity index (χ3v) is 6.65. The van der Waals surface area contributed by atoms with Gasteiger partial charge in [0.25, 0.3) is 10.0 Å². The minimum Gasteiger partial charge on any atom is -0.391 e. The van der Waals surface area contributed by atoms with Crippen LogP contribution in [0.4, 0.5) is 5.00 Å². The molecule has 0 unspecified atom stereocenters. The maximum absolute atomic E-state index is 13.0. The molecule has 3 aromatic heterocycles. The summed E-state index contributed by atoms with van der Waals surface area (Å²) >= 11 is 1.46. The predicted molar refractivity (Wildman–Crippen MR) is 101 cm³/mol. The second-order valence-corrected chi connectivity index (χ2v) is 8.66. The first-order chi connectivity index (χ1) is 12.0. The molecule has 25 heavy (non-hydrogen) atoms. The number of hydrogen-bond donors (Lipinski definition) is 1. The lowest BCUT2D eigenvalue weighted by atomic mass is 10.1. The fourth-order valence-corrected chi connectivity index (χ4v) is 4.86. The van der Waals surface area contributed by atoms with Crippen LogP contribution < -0.4 is 5.73 Å². The van der Waals surface area contributed by atoms with Crippen molar-refractivity contribution < 1.29 is 8.42 Å². The summed E-state index contributed by atoms with van der Waals surface area (Å²) in [7, 11) is -3.70. The highest BCUT2D eigenvalue weighted by molar-refractivity contribution is 7.90. The molecule has 1 aromatic carbocycles. The molecule has 0 atom stereocenters. The summed E-state index contributed by atoms with van der Waals surface area (Å²) in [5, 5.41) is 1.49. The van der Waals surface area contributed by atoms with Crippen LogP contribution >= 0.6 is 11.3 Å². The van der Waals surface area contributed by atoms with E-state index >= 15 is 0 Å². The number of fused-ring (bicyclic) bond motifs is 1. The number of rotatable bonds is 3. The number of aromatic nitrogens is 2. The number of nitrogens with two attached hydrogens (primary N) is 1. The van der Waals surface area contributed by atoms with E-state index in [2.05, 4.69) is 4.98 Å². The number of anilines is 1. The molecule has 0 fully saturated rings. The van der Waals surface area contributed by atoms with Gasteiger partial charge in [-0.05, 0) is 43.3 Å². The third kappa shape index (κ3) is 2.61. The fraction of sp³-hybridized carbons (Fsp3) is 0.0556. The van der Waals surface area contributed by atoms with Gasteiger partial charge in [0.15, 0.2) is 5.65 Å². The zero-order valence-electron chi connectivity index (χ0n) is 13.4. The van der Waals surface area contributed by atoms with E-state index in [1.54, 1.807) is 42.7 Å². The van der Waals surface area contributed by atoms with Gasteiger partial charge in [-0.25, -0.2) is 17.4 Å². The van der Waals surface area contributed by atoms with Crippen molar-refractivity contribution in [3.05, 3.63) is 66.5 Å². The molecule has 0 aliphatic carbocycles. The standard InChI is InChI=1S/C18H15N3O2S2/c1-12-2-4-13(5-3-12)25(22,23)21-11-9-15-14(8-10-20-18(15)21)16-6-7-17(19)24-16/h2-11H,19H2,1H3. The minimum absolute atomic E-state index is 0.239. The van der Waals surface area contributed by atoms with Crippen LogP contribution in [-0.2, 0) is 10.0 Å². The Bertz CT molecular complexity index is 1170. The highest BCUT2D eigenvalue weighted by Gasteiger charge is 2.21. The van der Waals surface area contributed by atoms with E-state index in [1.165, 1.54) is 15.3 Å². The first kappa shape index (κ1) is 15.9. The van der Waals surface area contributed by atoms with Crippen LogP contribution in [0.3, 0.4) is 0 Å². The Morgan fingerprint density at radius 2 is 1.80 bits per heavy atom. The average Bonchev–Trinajstić information content (AvgIpc) is 3.21. The van der Waals surface area contributed by atoms with Crippen LogP contribution in [0.15, 0.2) is 65.8 Å². The van der Waals surface area contributed by atoms with Gasteiger partial charge in [-0.1, -0.05) is 17.7 Å². The van der Waals surface area contributed by atoms with Crippen molar-refractivity contribution in [3.8, 4) is 10.4 Å². The first-order valence-electron chi connectivity index (χ1n) is 7.61. The lowest BCUT2D eigenvalue weighted by molar-refractivity contribution is 0.589. The van der Waals surface area contributed by atoms with E-state index in [0.29, 0.717) is 10.6 Å². The van der Waals surface area contributed by atoms with Gasteiger partial charge in [0.1, 0.15) is 0 Å². The molecule has 0 bridgehead atoms. The monoisotopic (exact) mass is 369 g/mol. The van der Waals surface area contributed by atoms with E-state index in [9.17, 15) is 8.42 Å². The van der Waals surface area contributed by atoms with Gasteiger partial charge < -0.3 is 5.73 Å². The fourth-order valence-electron chi connectivity index (χ4n) is 2.75. The van der Waals surface area contributed by atoms with Crippen molar-refractivity contribution in [1.82, 2.24) is 8.96 Å². The van der Waals surface area contributed by atoms with Crippen LogP contribution in [0.25, 0.3) is 21.5 Å². The Morgan fingerprint density at radius 3 is 2.48 bits per heavy atom. The second kappa shape index (κ2) is 5.72. The molecule has 2 N–H and O–H groups in total. The normalized spacial score (nSPS) is 11.9. The summed E-state index contributed by atoms with van der Waals surface area (Å²) in [6.07, 6.45) is 3.17. The number of benzene rings is 1. The lowest BCUT2D eigenvalue weighted by Crippen LogP contribution is -2.12. The molecular weight excluding hydrogens is 354 g/mol. The molecule has 3 heterocycles. The summed E-state index contributed by atoms with van der Waals surface area (Å²) in [6, 6.07) is 14.2. The molecule has 0 amide bonds. The molecule has 7 heteroatoms. The quantitative estimate of drug-likeness (QED) is 0.594. The maximum atomic E-state index is 13.0. The van der Waals surface area contributed by atoms with Gasteiger partial charge in [0.2, 0.25) is 0 Å². The highest BCUT2D eigenvalue weighted by atomic mass is 32.2.